The van der Waals surface area contributed by atoms with E-state index in [9.17, 15) is 15.1 Å². The molecule has 2 heterocycles. The van der Waals surface area contributed by atoms with Crippen LogP contribution < -0.4 is 10.1 Å². The van der Waals surface area contributed by atoms with Gasteiger partial charge in [0.15, 0.2) is 0 Å². The van der Waals surface area contributed by atoms with Crippen LogP contribution in [0.4, 0.5) is 0 Å². The van der Waals surface area contributed by atoms with Crippen molar-refractivity contribution in [1.82, 2.24) is 4.57 Å². The van der Waals surface area contributed by atoms with E-state index < -0.39 is 5.97 Å². The summed E-state index contributed by atoms with van der Waals surface area (Å²) in [6, 6.07) is 5.51. The van der Waals surface area contributed by atoms with Gasteiger partial charge in [0.25, 0.3) is 0 Å². The van der Waals surface area contributed by atoms with E-state index in [4.69, 9.17) is 21.1 Å². The number of benzene rings is 1. The van der Waals surface area contributed by atoms with Gasteiger partial charge in [0, 0.05) is 37.9 Å². The van der Waals surface area contributed by atoms with Crippen LogP contribution in [0.25, 0.3) is 11.3 Å². The van der Waals surface area contributed by atoms with Gasteiger partial charge < -0.3 is 24.4 Å². The van der Waals surface area contributed by atoms with E-state index in [1.165, 1.54) is 0 Å². The molecule has 1 aromatic carbocycles. The smallest absolute Gasteiger partial charge is 0.339 e. The number of nitrogens with zero attached hydrogens (tertiary/aromatic N) is 2. The van der Waals surface area contributed by atoms with E-state index in [-0.39, 0.29) is 17.0 Å². The van der Waals surface area contributed by atoms with Crippen molar-refractivity contribution >= 4 is 17.6 Å². The molecule has 1 aliphatic heterocycles. The largest absolute Gasteiger partial charge is 0.492 e. The van der Waals surface area contributed by atoms with Gasteiger partial charge in [-0.2, -0.15) is 0 Å². The monoisotopic (exact) mass is 434 g/mol. The standard InChI is InChI=1S/C22H27ClN2O5/c1-3-4-6-15-9-14-10-21(30-8-5-7-29-2)18(23)11-16(14)20-12-19(24-28)17(22(26)27)13-25(15)20/h10-13,15,28H,3-9H2,1-2H3,(H,26,27)/b24-19+. The van der Waals surface area contributed by atoms with E-state index in [1.54, 1.807) is 19.4 Å². The number of aromatic nitrogens is 1. The first-order chi connectivity index (χ1) is 14.5. The predicted molar refractivity (Wildman–Crippen MR) is 113 cm³/mol. The van der Waals surface area contributed by atoms with Gasteiger partial charge in [-0.25, -0.2) is 4.79 Å². The number of hydrogen-bond donors (Lipinski definition) is 2. The first-order valence-electron chi connectivity index (χ1n) is 10.1. The van der Waals surface area contributed by atoms with Gasteiger partial charge in [-0.05, 0) is 36.6 Å². The SMILES string of the molecule is CCCCC1Cc2cc(OCCCOC)c(Cl)cc2-c2c/c(=N\O)c(C(=O)O)cn21. The number of rotatable bonds is 9. The van der Waals surface area contributed by atoms with Crippen LogP contribution in [-0.2, 0) is 11.2 Å². The minimum Gasteiger partial charge on any atom is -0.492 e. The van der Waals surface area contributed by atoms with Crippen molar-refractivity contribution in [2.45, 2.75) is 45.1 Å². The van der Waals surface area contributed by atoms with E-state index in [1.807, 2.05) is 16.7 Å². The summed E-state index contributed by atoms with van der Waals surface area (Å²) in [7, 11) is 1.65. The molecule has 0 spiro atoms. The van der Waals surface area contributed by atoms with Gasteiger partial charge in [-0.15, -0.1) is 0 Å². The van der Waals surface area contributed by atoms with E-state index in [0.717, 1.165) is 48.9 Å². The zero-order valence-electron chi connectivity index (χ0n) is 17.2. The summed E-state index contributed by atoms with van der Waals surface area (Å²) in [6.07, 6.45) is 6.06. The summed E-state index contributed by atoms with van der Waals surface area (Å²) >= 11 is 6.48. The molecule has 2 aromatic rings. The Morgan fingerprint density at radius 2 is 2.10 bits per heavy atom. The number of carboxylic acids is 1. The number of ether oxygens (including phenoxy) is 2. The molecular weight excluding hydrogens is 408 g/mol. The minimum absolute atomic E-state index is 0.0202. The Labute approximate surface area is 180 Å². The van der Waals surface area contributed by atoms with Crippen LogP contribution in [0.2, 0.25) is 5.02 Å². The second kappa shape index (κ2) is 10.00. The highest BCUT2D eigenvalue weighted by molar-refractivity contribution is 6.32. The van der Waals surface area contributed by atoms with Crippen LogP contribution in [0.15, 0.2) is 29.6 Å². The lowest BCUT2D eigenvalue weighted by atomic mass is 9.89. The van der Waals surface area contributed by atoms with Gasteiger partial charge in [0.05, 0.1) is 17.3 Å². The molecule has 0 saturated heterocycles. The lowest BCUT2D eigenvalue weighted by Crippen LogP contribution is -2.26. The molecule has 2 N–H and O–H groups in total. The topological polar surface area (TPSA) is 93.3 Å². The molecule has 1 unspecified atom stereocenters. The number of carboxylic acid groups (broad SMARTS) is 1. The van der Waals surface area contributed by atoms with Gasteiger partial charge >= 0.3 is 5.97 Å². The molecule has 3 rings (SSSR count). The summed E-state index contributed by atoms with van der Waals surface area (Å²) in [4.78, 5) is 11.6. The van der Waals surface area contributed by atoms with Gasteiger partial charge in [0.1, 0.15) is 16.7 Å². The number of halogens is 1. The summed E-state index contributed by atoms with van der Waals surface area (Å²) in [5.41, 5.74) is 2.71. The fraction of sp³-hybridized carbons (Fsp3) is 0.455. The maximum absolute atomic E-state index is 11.6. The molecule has 1 aromatic heterocycles. The molecule has 162 valence electrons. The van der Waals surface area contributed by atoms with Crippen molar-refractivity contribution < 1.29 is 24.6 Å². The van der Waals surface area contributed by atoms with Crippen LogP contribution in [0, 0.1) is 0 Å². The van der Waals surface area contributed by atoms with Crippen LogP contribution >= 0.6 is 11.6 Å². The lowest BCUT2D eigenvalue weighted by Gasteiger charge is -2.31. The zero-order valence-corrected chi connectivity index (χ0v) is 18.0. The minimum atomic E-state index is -1.13. The number of aromatic carboxylic acids is 1. The number of pyridine rings is 1. The highest BCUT2D eigenvalue weighted by Gasteiger charge is 2.26. The highest BCUT2D eigenvalue weighted by Crippen LogP contribution is 2.41. The van der Waals surface area contributed by atoms with Crippen LogP contribution in [0.3, 0.4) is 0 Å². The van der Waals surface area contributed by atoms with Crippen molar-refractivity contribution in [1.29, 1.82) is 0 Å². The van der Waals surface area contributed by atoms with Crippen molar-refractivity contribution in [3.05, 3.63) is 45.9 Å². The number of unbranched alkanes of at least 4 members (excludes halogenated alkanes) is 1. The molecule has 1 aliphatic rings. The Morgan fingerprint density at radius 3 is 2.77 bits per heavy atom. The van der Waals surface area contributed by atoms with Crippen molar-refractivity contribution in [2.24, 2.45) is 5.16 Å². The van der Waals surface area contributed by atoms with Crippen LogP contribution in [-0.4, -0.2) is 41.2 Å². The third kappa shape index (κ3) is 4.63. The molecule has 30 heavy (non-hydrogen) atoms. The molecular formula is C22H27ClN2O5. The Balaban J connectivity index is 2.07. The third-order valence-corrected chi connectivity index (χ3v) is 5.65. The van der Waals surface area contributed by atoms with Crippen LogP contribution in [0.5, 0.6) is 5.75 Å². The second-order valence-electron chi connectivity index (χ2n) is 7.40. The third-order valence-electron chi connectivity index (χ3n) is 5.36. The number of methoxy groups -OCH3 is 1. The van der Waals surface area contributed by atoms with E-state index >= 15 is 0 Å². The van der Waals surface area contributed by atoms with Crippen molar-refractivity contribution in [3.8, 4) is 17.0 Å². The molecule has 0 saturated carbocycles. The Hall–Kier alpha value is -2.51. The predicted octanol–water partition coefficient (Wildman–Crippen LogP) is 4.50. The second-order valence-corrected chi connectivity index (χ2v) is 7.81. The average Bonchev–Trinajstić information content (AvgIpc) is 2.74. The van der Waals surface area contributed by atoms with Gasteiger partial charge in [-0.3, -0.25) is 0 Å². The molecule has 0 fully saturated rings. The summed E-state index contributed by atoms with van der Waals surface area (Å²) in [5, 5.41) is 22.6. The Bertz CT molecular complexity index is 986. The fourth-order valence-corrected chi connectivity index (χ4v) is 4.07. The maximum atomic E-state index is 11.6. The Kier molecular flexibility index (Phi) is 7.39. The highest BCUT2D eigenvalue weighted by atomic mass is 35.5. The van der Waals surface area contributed by atoms with Crippen molar-refractivity contribution in [3.63, 3.8) is 0 Å². The summed E-state index contributed by atoms with van der Waals surface area (Å²) in [6.45, 7) is 3.25. The lowest BCUT2D eigenvalue weighted by molar-refractivity contribution is 0.0692. The molecule has 1 atom stereocenters. The number of carbonyl (C=O) groups is 1. The fourth-order valence-electron chi connectivity index (χ4n) is 3.85. The molecule has 0 amide bonds. The number of hydrogen-bond acceptors (Lipinski definition) is 5. The first-order valence-corrected chi connectivity index (χ1v) is 10.5. The molecule has 8 heteroatoms. The molecule has 7 nitrogen and oxygen atoms in total. The summed E-state index contributed by atoms with van der Waals surface area (Å²) < 4.78 is 12.9. The van der Waals surface area contributed by atoms with E-state index in [2.05, 4.69) is 12.1 Å². The van der Waals surface area contributed by atoms with Crippen molar-refractivity contribution in [2.75, 3.05) is 20.3 Å². The van der Waals surface area contributed by atoms with E-state index in [0.29, 0.717) is 24.0 Å². The Morgan fingerprint density at radius 1 is 1.30 bits per heavy atom. The van der Waals surface area contributed by atoms with Gasteiger partial charge in [-0.1, -0.05) is 36.5 Å². The zero-order chi connectivity index (χ0) is 21.7. The normalized spacial score (nSPS) is 15.6. The average molecular weight is 435 g/mol. The molecule has 0 bridgehead atoms. The van der Waals surface area contributed by atoms with Gasteiger partial charge in [0.2, 0.25) is 0 Å². The molecule has 0 radical (unpaired) electrons. The maximum Gasteiger partial charge on any atom is 0.339 e. The van der Waals surface area contributed by atoms with Crippen LogP contribution in [0.1, 0.15) is 54.6 Å². The summed E-state index contributed by atoms with van der Waals surface area (Å²) in [5.74, 6) is -0.501. The quantitative estimate of drug-likeness (QED) is 0.344. The molecule has 0 aliphatic carbocycles. The first kappa shape index (κ1) is 22.2. The number of fused-ring (bicyclic) bond motifs is 3.